The van der Waals surface area contributed by atoms with Crippen LogP contribution in [0.5, 0.6) is 0 Å². The molecule has 1 aliphatic heterocycles. The minimum Gasteiger partial charge on any atom is -0.305 e. The number of amides is 1. The Bertz CT molecular complexity index is 1070. The van der Waals surface area contributed by atoms with Crippen LogP contribution in [-0.4, -0.2) is 20.4 Å². The van der Waals surface area contributed by atoms with Crippen molar-refractivity contribution in [2.75, 3.05) is 9.62 Å². The van der Waals surface area contributed by atoms with Crippen LogP contribution in [0.2, 0.25) is 0 Å². The second-order valence-electron chi connectivity index (χ2n) is 6.47. The van der Waals surface area contributed by atoms with Gasteiger partial charge in [-0.2, -0.15) is 0 Å². The molecule has 0 radical (unpaired) electrons. The van der Waals surface area contributed by atoms with Crippen LogP contribution in [-0.2, 0) is 16.4 Å². The molecule has 1 unspecified atom stereocenters. The average Bonchev–Trinajstić information content (AvgIpc) is 3.29. The molecule has 0 bridgehead atoms. The Hall–Kier alpha value is -2.64. The maximum Gasteiger partial charge on any atom is 0.271 e. The number of nitrogens with one attached hydrogen (secondary N) is 1. The molecule has 5 nitrogen and oxygen atoms in total. The monoisotopic (exact) mass is 398 g/mol. The first-order chi connectivity index (χ1) is 13.0. The number of hydrogen-bond donors (Lipinski definition) is 1. The minimum atomic E-state index is -3.59. The van der Waals surface area contributed by atoms with Gasteiger partial charge in [0.25, 0.3) is 15.9 Å². The highest BCUT2D eigenvalue weighted by atomic mass is 32.2. The molecule has 0 saturated carbocycles. The first-order valence-electron chi connectivity index (χ1n) is 8.53. The normalized spacial score (nSPS) is 16.2. The Morgan fingerprint density at radius 2 is 1.81 bits per heavy atom. The van der Waals surface area contributed by atoms with Crippen LogP contribution in [0.4, 0.5) is 11.4 Å². The predicted molar refractivity (Wildman–Crippen MR) is 108 cm³/mol. The van der Waals surface area contributed by atoms with E-state index in [-0.39, 0.29) is 16.2 Å². The summed E-state index contributed by atoms with van der Waals surface area (Å²) in [5.41, 5.74) is 3.06. The number of thiophene rings is 1. The Kier molecular flexibility index (Phi) is 4.49. The highest BCUT2D eigenvalue weighted by molar-refractivity contribution is 7.94. The third-order valence-corrected chi connectivity index (χ3v) is 7.35. The van der Waals surface area contributed by atoms with E-state index in [0.717, 1.165) is 23.4 Å². The summed E-state index contributed by atoms with van der Waals surface area (Å²) in [7, 11) is -3.59. The number of nitrogens with zero attached hydrogens (tertiary/aromatic N) is 1. The van der Waals surface area contributed by atoms with Gasteiger partial charge in [0.05, 0.1) is 0 Å². The molecular weight excluding hydrogens is 380 g/mol. The van der Waals surface area contributed by atoms with E-state index in [1.165, 1.54) is 5.56 Å². The van der Waals surface area contributed by atoms with Crippen LogP contribution in [0.3, 0.4) is 0 Å². The summed E-state index contributed by atoms with van der Waals surface area (Å²) >= 11 is 1.16. The molecule has 1 N–H and O–H groups in total. The van der Waals surface area contributed by atoms with Gasteiger partial charge >= 0.3 is 0 Å². The first kappa shape index (κ1) is 17.8. The number of fused-ring (bicyclic) bond motifs is 1. The van der Waals surface area contributed by atoms with E-state index in [1.54, 1.807) is 46.7 Å². The fourth-order valence-electron chi connectivity index (χ4n) is 3.32. The van der Waals surface area contributed by atoms with Crippen LogP contribution in [0, 0.1) is 0 Å². The largest absolute Gasteiger partial charge is 0.305 e. The zero-order valence-corrected chi connectivity index (χ0v) is 16.3. The van der Waals surface area contributed by atoms with Crippen molar-refractivity contribution in [1.29, 1.82) is 0 Å². The van der Waals surface area contributed by atoms with Gasteiger partial charge in [0.2, 0.25) is 0 Å². The van der Waals surface area contributed by atoms with Crippen molar-refractivity contribution in [2.45, 2.75) is 23.6 Å². The second kappa shape index (κ2) is 6.83. The Balaban J connectivity index is 1.55. The highest BCUT2D eigenvalue weighted by Gasteiger charge is 2.31. The number of sulfonamides is 1. The fraction of sp³-hybridized carbons (Fsp3) is 0.150. The third kappa shape index (κ3) is 3.36. The molecule has 1 amide bonds. The van der Waals surface area contributed by atoms with Crippen LogP contribution in [0.15, 0.2) is 70.3 Å². The van der Waals surface area contributed by atoms with Gasteiger partial charge in [-0.25, -0.2) is 8.42 Å². The highest BCUT2D eigenvalue weighted by Crippen LogP contribution is 2.33. The standard InChI is InChI=1S/C20H18N2O3S2/c1-14-13-16-5-2-3-6-18(16)22(14)20(23)15-8-10-17(11-9-15)21-27(24,25)19-7-4-12-26-19/h2-12,14,21H,13H2,1H3. The SMILES string of the molecule is CC1Cc2ccccc2N1C(=O)c1ccc(NS(=O)(=O)c2cccs2)cc1. The number of benzene rings is 2. The van der Waals surface area contributed by atoms with E-state index in [1.807, 2.05) is 31.2 Å². The zero-order valence-electron chi connectivity index (χ0n) is 14.6. The summed E-state index contributed by atoms with van der Waals surface area (Å²) in [5, 5.41) is 1.71. The van der Waals surface area contributed by atoms with Crippen molar-refractivity contribution in [3.8, 4) is 0 Å². The zero-order chi connectivity index (χ0) is 19.0. The van der Waals surface area contributed by atoms with E-state index < -0.39 is 10.0 Å². The van der Waals surface area contributed by atoms with Crippen molar-refractivity contribution in [3.05, 3.63) is 77.2 Å². The van der Waals surface area contributed by atoms with Gasteiger partial charge in [0.1, 0.15) is 4.21 Å². The van der Waals surface area contributed by atoms with Crippen LogP contribution >= 0.6 is 11.3 Å². The average molecular weight is 399 g/mol. The van der Waals surface area contributed by atoms with E-state index in [4.69, 9.17) is 0 Å². The van der Waals surface area contributed by atoms with Crippen molar-refractivity contribution in [2.24, 2.45) is 0 Å². The van der Waals surface area contributed by atoms with Gasteiger partial charge in [-0.1, -0.05) is 24.3 Å². The maximum absolute atomic E-state index is 13.0. The quantitative estimate of drug-likeness (QED) is 0.718. The van der Waals surface area contributed by atoms with Gasteiger partial charge in [0.15, 0.2) is 0 Å². The van der Waals surface area contributed by atoms with E-state index >= 15 is 0 Å². The molecule has 1 aromatic heterocycles. The molecule has 27 heavy (non-hydrogen) atoms. The molecule has 4 rings (SSSR count). The van der Waals surface area contributed by atoms with Crippen molar-refractivity contribution in [3.63, 3.8) is 0 Å². The molecule has 1 aliphatic rings. The van der Waals surface area contributed by atoms with E-state index in [9.17, 15) is 13.2 Å². The number of para-hydroxylation sites is 1. The van der Waals surface area contributed by atoms with Gasteiger partial charge in [0, 0.05) is 23.0 Å². The van der Waals surface area contributed by atoms with E-state index in [0.29, 0.717) is 11.3 Å². The molecule has 2 aromatic carbocycles. The molecule has 138 valence electrons. The summed E-state index contributed by atoms with van der Waals surface area (Å²) in [6.45, 7) is 2.03. The molecule has 1 atom stereocenters. The summed E-state index contributed by atoms with van der Waals surface area (Å²) in [5.74, 6) is -0.0832. The summed E-state index contributed by atoms with van der Waals surface area (Å²) in [4.78, 5) is 14.8. The minimum absolute atomic E-state index is 0.0832. The molecule has 0 fully saturated rings. The second-order valence-corrected chi connectivity index (χ2v) is 9.33. The predicted octanol–water partition coefficient (Wildman–Crippen LogP) is 4.14. The van der Waals surface area contributed by atoms with Crippen LogP contribution in [0.25, 0.3) is 0 Å². The number of anilines is 2. The lowest BCUT2D eigenvalue weighted by molar-refractivity contribution is 0.0981. The van der Waals surface area contributed by atoms with Gasteiger partial charge in [-0.15, -0.1) is 11.3 Å². The molecule has 0 spiro atoms. The van der Waals surface area contributed by atoms with Crippen molar-refractivity contribution >= 4 is 38.6 Å². The summed E-state index contributed by atoms with van der Waals surface area (Å²) in [6, 6.07) is 17.8. The van der Waals surface area contributed by atoms with Crippen LogP contribution < -0.4 is 9.62 Å². The first-order valence-corrected chi connectivity index (χ1v) is 10.9. The number of carbonyl (C=O) groups is 1. The van der Waals surface area contributed by atoms with Crippen molar-refractivity contribution in [1.82, 2.24) is 0 Å². The number of rotatable bonds is 4. The lowest BCUT2D eigenvalue weighted by atomic mass is 10.1. The smallest absolute Gasteiger partial charge is 0.271 e. The van der Waals surface area contributed by atoms with Gasteiger partial charge in [-0.3, -0.25) is 9.52 Å². The third-order valence-electron chi connectivity index (χ3n) is 4.57. The molecular formula is C20H18N2O3S2. The van der Waals surface area contributed by atoms with Crippen LogP contribution in [0.1, 0.15) is 22.8 Å². The molecule has 0 aliphatic carbocycles. The molecule has 2 heterocycles. The van der Waals surface area contributed by atoms with E-state index in [2.05, 4.69) is 4.72 Å². The Morgan fingerprint density at radius 1 is 1.07 bits per heavy atom. The topological polar surface area (TPSA) is 66.5 Å². The van der Waals surface area contributed by atoms with Gasteiger partial charge < -0.3 is 4.90 Å². The Morgan fingerprint density at radius 3 is 2.52 bits per heavy atom. The van der Waals surface area contributed by atoms with Gasteiger partial charge in [-0.05, 0) is 60.7 Å². The summed E-state index contributed by atoms with van der Waals surface area (Å²) < 4.78 is 27.4. The number of hydrogen-bond acceptors (Lipinski definition) is 4. The fourth-order valence-corrected chi connectivity index (χ4v) is 5.37. The molecule has 0 saturated heterocycles. The Labute approximate surface area is 162 Å². The molecule has 7 heteroatoms. The lowest BCUT2D eigenvalue weighted by Crippen LogP contribution is -2.35. The van der Waals surface area contributed by atoms with Crippen molar-refractivity contribution < 1.29 is 13.2 Å². The summed E-state index contributed by atoms with van der Waals surface area (Å²) in [6.07, 6.45) is 0.834. The number of carbonyl (C=O) groups excluding carboxylic acids is 1. The maximum atomic E-state index is 13.0. The lowest BCUT2D eigenvalue weighted by Gasteiger charge is -2.23. The molecule has 3 aromatic rings.